The maximum absolute atomic E-state index is 12.5. The van der Waals surface area contributed by atoms with Crippen LogP contribution >= 0.6 is 15.9 Å². The van der Waals surface area contributed by atoms with Crippen LogP contribution in [-0.2, 0) is 11.3 Å². The van der Waals surface area contributed by atoms with E-state index in [1.54, 1.807) is 23.1 Å². The van der Waals surface area contributed by atoms with Crippen molar-refractivity contribution in [2.24, 2.45) is 0 Å². The first-order valence-corrected chi connectivity index (χ1v) is 9.61. The van der Waals surface area contributed by atoms with Gasteiger partial charge in [0.25, 0.3) is 0 Å². The third-order valence-corrected chi connectivity index (χ3v) is 4.93. The van der Waals surface area contributed by atoms with E-state index in [1.165, 1.54) is 5.56 Å². The van der Waals surface area contributed by atoms with Gasteiger partial charge in [-0.2, -0.15) is 5.10 Å². The number of fused-ring (bicyclic) bond motifs is 1. The Hall–Kier alpha value is -3.06. The van der Waals surface area contributed by atoms with E-state index in [2.05, 4.69) is 67.5 Å². The van der Waals surface area contributed by atoms with Crippen LogP contribution in [0.1, 0.15) is 11.3 Å². The van der Waals surface area contributed by atoms with Gasteiger partial charge in [-0.25, -0.2) is 14.6 Å². The van der Waals surface area contributed by atoms with Crippen LogP contribution in [0.25, 0.3) is 22.2 Å². The molecule has 1 aromatic carbocycles. The first kappa shape index (κ1) is 18.3. The van der Waals surface area contributed by atoms with Gasteiger partial charge in [0.05, 0.1) is 5.69 Å². The molecule has 0 saturated heterocycles. The molecule has 28 heavy (non-hydrogen) atoms. The molecular weight excluding hydrogens is 418 g/mol. The number of nitrogens with zero attached hydrogens (tertiary/aromatic N) is 4. The summed E-state index contributed by atoms with van der Waals surface area (Å²) in [7, 11) is 0. The number of pyridine rings is 2. The number of nitrogens with one attached hydrogen (secondary N) is 1. The monoisotopic (exact) mass is 435 g/mol. The number of rotatable bonds is 4. The Labute approximate surface area is 170 Å². The number of carbonyl (C=O) groups is 1. The van der Waals surface area contributed by atoms with Crippen molar-refractivity contribution in [1.29, 1.82) is 0 Å². The summed E-state index contributed by atoms with van der Waals surface area (Å²) in [5, 5.41) is 8.30. The zero-order valence-corrected chi connectivity index (χ0v) is 17.1. The third kappa shape index (κ3) is 3.66. The second-order valence-electron chi connectivity index (χ2n) is 6.58. The summed E-state index contributed by atoms with van der Waals surface area (Å²) < 4.78 is 2.49. The molecule has 1 N–H and O–H groups in total. The predicted molar refractivity (Wildman–Crippen MR) is 113 cm³/mol. The zero-order valence-electron chi connectivity index (χ0n) is 15.5. The van der Waals surface area contributed by atoms with Crippen molar-refractivity contribution in [2.45, 2.75) is 20.4 Å². The quantitative estimate of drug-likeness (QED) is 0.511. The van der Waals surface area contributed by atoms with Crippen LogP contribution in [0, 0.1) is 13.8 Å². The van der Waals surface area contributed by atoms with Crippen molar-refractivity contribution >= 4 is 38.7 Å². The molecule has 3 aromatic heterocycles. The number of aromatic nitrogens is 4. The molecule has 140 valence electrons. The Morgan fingerprint density at radius 1 is 1.07 bits per heavy atom. The molecule has 1 amide bonds. The Kier molecular flexibility index (Phi) is 4.92. The van der Waals surface area contributed by atoms with Gasteiger partial charge in [-0.15, -0.1) is 0 Å². The van der Waals surface area contributed by atoms with E-state index in [1.807, 2.05) is 19.1 Å². The van der Waals surface area contributed by atoms with Gasteiger partial charge >= 0.3 is 0 Å². The minimum Gasteiger partial charge on any atom is -0.309 e. The Balaban J connectivity index is 1.65. The maximum atomic E-state index is 12.5. The Morgan fingerprint density at radius 2 is 1.86 bits per heavy atom. The number of hydrogen-bond acceptors (Lipinski definition) is 4. The van der Waals surface area contributed by atoms with Crippen LogP contribution in [0.3, 0.4) is 0 Å². The summed E-state index contributed by atoms with van der Waals surface area (Å²) >= 11 is 3.33. The Bertz CT molecular complexity index is 1150. The fourth-order valence-electron chi connectivity index (χ4n) is 3.13. The average molecular weight is 436 g/mol. The van der Waals surface area contributed by atoms with Crippen LogP contribution in [0.2, 0.25) is 0 Å². The van der Waals surface area contributed by atoms with Gasteiger partial charge in [-0.05, 0) is 59.1 Å². The van der Waals surface area contributed by atoms with E-state index in [9.17, 15) is 4.79 Å². The first-order valence-electron chi connectivity index (χ1n) is 8.82. The van der Waals surface area contributed by atoms with Crippen molar-refractivity contribution in [2.75, 3.05) is 5.32 Å². The lowest BCUT2D eigenvalue weighted by Crippen LogP contribution is -2.20. The standard InChI is InChI=1S/C21H18BrN5O/c1-13-3-5-15(6-4-13)17-9-10-23-21-20(17)14(2)26-27(21)12-19(28)25-18-8-7-16(22)11-24-18/h3-11H,12H2,1-2H3,(H,24,25,28). The fraction of sp³-hybridized carbons (Fsp3) is 0.143. The zero-order chi connectivity index (χ0) is 19.7. The average Bonchev–Trinajstić information content (AvgIpc) is 3.00. The molecule has 0 saturated carbocycles. The lowest BCUT2D eigenvalue weighted by atomic mass is 10.0. The molecule has 0 aliphatic heterocycles. The predicted octanol–water partition coefficient (Wildman–Crippen LogP) is 4.51. The number of aryl methyl sites for hydroxylation is 2. The van der Waals surface area contributed by atoms with Crippen molar-refractivity contribution < 1.29 is 4.79 Å². The molecule has 6 nitrogen and oxygen atoms in total. The molecule has 3 heterocycles. The van der Waals surface area contributed by atoms with Gasteiger partial charge in [0, 0.05) is 22.3 Å². The second kappa shape index (κ2) is 7.52. The van der Waals surface area contributed by atoms with E-state index in [-0.39, 0.29) is 12.5 Å². The lowest BCUT2D eigenvalue weighted by Gasteiger charge is -2.07. The molecule has 0 fully saturated rings. The molecule has 0 unspecified atom stereocenters. The second-order valence-corrected chi connectivity index (χ2v) is 7.49. The number of halogens is 1. The van der Waals surface area contributed by atoms with Crippen LogP contribution in [0.5, 0.6) is 0 Å². The van der Waals surface area contributed by atoms with Crippen molar-refractivity contribution in [3.05, 3.63) is 70.6 Å². The number of carbonyl (C=O) groups excluding carboxylic acids is 1. The van der Waals surface area contributed by atoms with E-state index >= 15 is 0 Å². The molecule has 0 aliphatic rings. The van der Waals surface area contributed by atoms with Crippen LogP contribution < -0.4 is 5.32 Å². The molecule has 4 rings (SSSR count). The minimum absolute atomic E-state index is 0.0619. The van der Waals surface area contributed by atoms with Crippen molar-refractivity contribution in [1.82, 2.24) is 19.7 Å². The smallest absolute Gasteiger partial charge is 0.247 e. The van der Waals surface area contributed by atoms with Crippen molar-refractivity contribution in [3.8, 4) is 11.1 Å². The molecule has 0 bridgehead atoms. The summed E-state index contributed by atoms with van der Waals surface area (Å²) in [6.07, 6.45) is 3.39. The number of amides is 1. The first-order chi connectivity index (χ1) is 13.5. The van der Waals surface area contributed by atoms with E-state index < -0.39 is 0 Å². The van der Waals surface area contributed by atoms with Gasteiger partial charge < -0.3 is 5.32 Å². The summed E-state index contributed by atoms with van der Waals surface area (Å²) in [5.41, 5.74) is 4.90. The summed E-state index contributed by atoms with van der Waals surface area (Å²) in [6.45, 7) is 4.06. The van der Waals surface area contributed by atoms with Gasteiger partial charge in [0.2, 0.25) is 5.91 Å². The highest BCUT2D eigenvalue weighted by Crippen LogP contribution is 2.30. The molecular formula is C21H18BrN5O. The highest BCUT2D eigenvalue weighted by molar-refractivity contribution is 9.10. The minimum atomic E-state index is -0.207. The van der Waals surface area contributed by atoms with Crippen LogP contribution in [0.15, 0.2) is 59.3 Å². The van der Waals surface area contributed by atoms with E-state index in [4.69, 9.17) is 0 Å². The molecule has 0 radical (unpaired) electrons. The summed E-state index contributed by atoms with van der Waals surface area (Å²) in [5.74, 6) is 0.288. The highest BCUT2D eigenvalue weighted by Gasteiger charge is 2.16. The topological polar surface area (TPSA) is 72.7 Å². The summed E-state index contributed by atoms with van der Waals surface area (Å²) in [6, 6.07) is 13.9. The van der Waals surface area contributed by atoms with Gasteiger partial charge in [0.1, 0.15) is 12.4 Å². The van der Waals surface area contributed by atoms with Gasteiger partial charge in [-0.1, -0.05) is 29.8 Å². The third-order valence-electron chi connectivity index (χ3n) is 4.46. The number of anilines is 1. The van der Waals surface area contributed by atoms with Crippen LogP contribution in [-0.4, -0.2) is 25.7 Å². The highest BCUT2D eigenvalue weighted by atomic mass is 79.9. The van der Waals surface area contributed by atoms with E-state index in [0.717, 1.165) is 26.7 Å². The Morgan fingerprint density at radius 3 is 2.57 bits per heavy atom. The molecule has 4 aromatic rings. The van der Waals surface area contributed by atoms with Crippen LogP contribution in [0.4, 0.5) is 5.82 Å². The van der Waals surface area contributed by atoms with Gasteiger partial charge in [0.15, 0.2) is 5.65 Å². The normalized spacial score (nSPS) is 11.0. The number of hydrogen-bond donors (Lipinski definition) is 1. The fourth-order valence-corrected chi connectivity index (χ4v) is 3.37. The lowest BCUT2D eigenvalue weighted by molar-refractivity contribution is -0.116. The van der Waals surface area contributed by atoms with Crippen molar-refractivity contribution in [3.63, 3.8) is 0 Å². The number of benzene rings is 1. The molecule has 0 atom stereocenters. The van der Waals surface area contributed by atoms with Gasteiger partial charge in [-0.3, -0.25) is 4.79 Å². The summed E-state index contributed by atoms with van der Waals surface area (Å²) in [4.78, 5) is 21.1. The molecule has 0 spiro atoms. The largest absolute Gasteiger partial charge is 0.309 e. The maximum Gasteiger partial charge on any atom is 0.247 e. The molecule has 7 heteroatoms. The molecule has 0 aliphatic carbocycles. The van der Waals surface area contributed by atoms with E-state index in [0.29, 0.717) is 11.5 Å². The SMILES string of the molecule is Cc1ccc(-c2ccnc3c2c(C)nn3CC(=O)Nc2ccc(Br)cn2)cc1.